The van der Waals surface area contributed by atoms with Gasteiger partial charge >= 0.3 is 0 Å². The molecule has 0 radical (unpaired) electrons. The number of amides is 2. The maximum absolute atomic E-state index is 12.1. The molecule has 0 unspecified atom stereocenters. The molecule has 0 spiro atoms. The number of carbonyl (C=O) groups excluding carboxylic acids is 2. The van der Waals surface area contributed by atoms with Crippen molar-refractivity contribution in [1.29, 1.82) is 0 Å². The minimum Gasteiger partial charge on any atom is -0.481 e. The van der Waals surface area contributed by atoms with E-state index in [1.54, 1.807) is 30.4 Å². The predicted octanol–water partition coefficient (Wildman–Crippen LogP) is 3.91. The van der Waals surface area contributed by atoms with E-state index < -0.39 is 12.0 Å². The number of hydrogen-bond acceptors (Lipinski definition) is 6. The Bertz CT molecular complexity index is 947. The van der Waals surface area contributed by atoms with Gasteiger partial charge in [-0.3, -0.25) is 20.4 Å². The normalized spacial score (nSPS) is 11.8. The lowest BCUT2D eigenvalue weighted by Gasteiger charge is -2.15. The van der Waals surface area contributed by atoms with Gasteiger partial charge in [-0.05, 0) is 37.3 Å². The van der Waals surface area contributed by atoms with Crippen LogP contribution in [0.5, 0.6) is 5.75 Å². The number of ether oxygens (including phenoxy) is 1. The largest absolute Gasteiger partial charge is 0.481 e. The fourth-order valence-electron chi connectivity index (χ4n) is 2.28. The molecular formula is C19H18BrN3O3S2. The number of hydrogen-bond donors (Lipinski definition) is 2. The number of aromatic nitrogens is 1. The van der Waals surface area contributed by atoms with Crippen molar-refractivity contribution in [2.75, 3.05) is 5.75 Å². The highest BCUT2D eigenvalue weighted by Crippen LogP contribution is 2.24. The van der Waals surface area contributed by atoms with E-state index in [2.05, 4.69) is 31.8 Å². The second kappa shape index (κ2) is 9.90. The van der Waals surface area contributed by atoms with Gasteiger partial charge in [0.25, 0.3) is 5.91 Å². The van der Waals surface area contributed by atoms with Crippen molar-refractivity contribution in [1.82, 2.24) is 15.8 Å². The van der Waals surface area contributed by atoms with E-state index in [9.17, 15) is 9.59 Å². The van der Waals surface area contributed by atoms with Gasteiger partial charge in [-0.2, -0.15) is 0 Å². The Labute approximate surface area is 179 Å². The molecule has 0 aliphatic heterocycles. The standard InChI is InChI=1S/C19H18BrN3O3S2/c1-12(26-14-6-4-5-13(20)9-14)19(25)23-22-17(24)10-27-11-18-21-15-7-2-3-8-16(15)28-18/h2-9,12H,10-11H2,1H3,(H,22,24)(H,23,25)/t12-/m0/s1. The third-order valence-corrected chi connectivity index (χ3v) is 6.26. The molecule has 3 rings (SSSR count). The summed E-state index contributed by atoms with van der Waals surface area (Å²) in [6, 6.07) is 15.1. The van der Waals surface area contributed by atoms with Crippen LogP contribution >= 0.6 is 39.0 Å². The minimum absolute atomic E-state index is 0.219. The zero-order valence-electron chi connectivity index (χ0n) is 15.0. The average Bonchev–Trinajstić information content (AvgIpc) is 3.09. The van der Waals surface area contributed by atoms with E-state index in [0.29, 0.717) is 11.5 Å². The molecule has 2 N–H and O–H groups in total. The summed E-state index contributed by atoms with van der Waals surface area (Å²) < 4.78 is 7.54. The topological polar surface area (TPSA) is 80.3 Å². The van der Waals surface area contributed by atoms with Gasteiger partial charge in [0.2, 0.25) is 5.91 Å². The molecule has 9 heteroatoms. The first kappa shape index (κ1) is 20.6. The molecule has 0 aliphatic carbocycles. The van der Waals surface area contributed by atoms with E-state index in [1.165, 1.54) is 11.8 Å². The van der Waals surface area contributed by atoms with Gasteiger partial charge in [0.05, 0.1) is 16.0 Å². The lowest BCUT2D eigenvalue weighted by Crippen LogP contribution is -2.47. The first-order valence-corrected chi connectivity index (χ1v) is 11.2. The molecule has 6 nitrogen and oxygen atoms in total. The van der Waals surface area contributed by atoms with E-state index >= 15 is 0 Å². The lowest BCUT2D eigenvalue weighted by atomic mass is 10.3. The number of para-hydroxylation sites is 1. The molecule has 1 heterocycles. The summed E-state index contributed by atoms with van der Waals surface area (Å²) in [6.45, 7) is 1.62. The second-order valence-corrected chi connectivity index (χ2v) is 8.84. The van der Waals surface area contributed by atoms with E-state index in [-0.39, 0.29) is 11.7 Å². The molecule has 0 saturated carbocycles. The van der Waals surface area contributed by atoms with Crippen LogP contribution in [0.15, 0.2) is 53.0 Å². The van der Waals surface area contributed by atoms with Crippen molar-refractivity contribution >= 4 is 61.1 Å². The monoisotopic (exact) mass is 479 g/mol. The Hall–Kier alpha value is -2.10. The van der Waals surface area contributed by atoms with Crippen molar-refractivity contribution < 1.29 is 14.3 Å². The quantitative estimate of drug-likeness (QED) is 0.502. The number of hydrazine groups is 1. The summed E-state index contributed by atoms with van der Waals surface area (Å²) in [6.07, 6.45) is -0.745. The average molecular weight is 480 g/mol. The van der Waals surface area contributed by atoms with E-state index in [0.717, 1.165) is 19.7 Å². The number of fused-ring (bicyclic) bond motifs is 1. The number of nitrogens with zero attached hydrogens (tertiary/aromatic N) is 1. The summed E-state index contributed by atoms with van der Waals surface area (Å²) in [5.74, 6) is 0.716. The Morgan fingerprint density at radius 3 is 2.82 bits per heavy atom. The van der Waals surface area contributed by atoms with Crippen molar-refractivity contribution in [3.05, 3.63) is 58.0 Å². The van der Waals surface area contributed by atoms with Crippen molar-refractivity contribution in [2.24, 2.45) is 0 Å². The van der Waals surface area contributed by atoms with Crippen LogP contribution in [-0.4, -0.2) is 28.7 Å². The molecule has 2 amide bonds. The van der Waals surface area contributed by atoms with Crippen molar-refractivity contribution in [2.45, 2.75) is 18.8 Å². The fourth-order valence-corrected chi connectivity index (χ4v) is 4.51. The maximum atomic E-state index is 12.1. The van der Waals surface area contributed by atoms with E-state index in [1.807, 2.05) is 36.4 Å². The molecule has 1 atom stereocenters. The van der Waals surface area contributed by atoms with Crippen LogP contribution in [0.2, 0.25) is 0 Å². The molecular weight excluding hydrogens is 462 g/mol. The van der Waals surface area contributed by atoms with Gasteiger partial charge < -0.3 is 4.74 Å². The number of rotatable bonds is 7. The predicted molar refractivity (Wildman–Crippen MR) is 116 cm³/mol. The van der Waals surface area contributed by atoms with Crippen LogP contribution in [0.25, 0.3) is 10.2 Å². The third-order valence-electron chi connectivity index (χ3n) is 3.60. The minimum atomic E-state index is -0.745. The van der Waals surface area contributed by atoms with Gasteiger partial charge in [-0.1, -0.05) is 34.1 Å². The molecule has 2 aromatic carbocycles. The Morgan fingerprint density at radius 2 is 2.04 bits per heavy atom. The highest BCUT2D eigenvalue weighted by atomic mass is 79.9. The first-order chi connectivity index (χ1) is 13.5. The highest BCUT2D eigenvalue weighted by molar-refractivity contribution is 9.10. The number of thiazole rings is 1. The molecule has 1 aromatic heterocycles. The number of carbonyl (C=O) groups is 2. The molecule has 0 aliphatic rings. The summed E-state index contributed by atoms with van der Waals surface area (Å²) in [5, 5.41) is 0.971. The lowest BCUT2D eigenvalue weighted by molar-refractivity contribution is -0.131. The number of benzene rings is 2. The third kappa shape index (κ3) is 5.95. The molecule has 0 fully saturated rings. The second-order valence-electron chi connectivity index (χ2n) is 5.82. The zero-order valence-corrected chi connectivity index (χ0v) is 18.2. The van der Waals surface area contributed by atoms with Crippen LogP contribution in [-0.2, 0) is 15.3 Å². The van der Waals surface area contributed by atoms with Crippen LogP contribution < -0.4 is 15.6 Å². The van der Waals surface area contributed by atoms with E-state index in [4.69, 9.17) is 4.74 Å². The summed E-state index contributed by atoms with van der Waals surface area (Å²) >= 11 is 6.41. The smallest absolute Gasteiger partial charge is 0.279 e. The zero-order chi connectivity index (χ0) is 19.9. The molecule has 3 aromatic rings. The number of thioether (sulfide) groups is 1. The highest BCUT2D eigenvalue weighted by Gasteiger charge is 2.15. The molecule has 0 saturated heterocycles. The Kier molecular flexibility index (Phi) is 7.30. The Morgan fingerprint density at radius 1 is 1.21 bits per heavy atom. The van der Waals surface area contributed by atoms with Gasteiger partial charge in [-0.15, -0.1) is 23.1 Å². The maximum Gasteiger partial charge on any atom is 0.279 e. The Balaban J connectivity index is 1.38. The van der Waals surface area contributed by atoms with Crippen LogP contribution in [0.1, 0.15) is 11.9 Å². The summed E-state index contributed by atoms with van der Waals surface area (Å²) in [7, 11) is 0. The number of halogens is 1. The summed E-state index contributed by atoms with van der Waals surface area (Å²) in [5.41, 5.74) is 5.76. The van der Waals surface area contributed by atoms with Gasteiger partial charge in [0, 0.05) is 10.2 Å². The molecule has 146 valence electrons. The number of nitrogens with one attached hydrogen (secondary N) is 2. The molecule has 28 heavy (non-hydrogen) atoms. The van der Waals surface area contributed by atoms with Gasteiger partial charge in [0.1, 0.15) is 10.8 Å². The van der Waals surface area contributed by atoms with Crippen LogP contribution in [0.3, 0.4) is 0 Å². The van der Waals surface area contributed by atoms with Crippen molar-refractivity contribution in [3.63, 3.8) is 0 Å². The van der Waals surface area contributed by atoms with Crippen LogP contribution in [0.4, 0.5) is 0 Å². The van der Waals surface area contributed by atoms with Crippen molar-refractivity contribution in [3.8, 4) is 5.75 Å². The summed E-state index contributed by atoms with van der Waals surface area (Å²) in [4.78, 5) is 28.5. The van der Waals surface area contributed by atoms with Crippen LogP contribution in [0, 0.1) is 0 Å². The first-order valence-electron chi connectivity index (χ1n) is 8.44. The molecule has 0 bridgehead atoms. The van der Waals surface area contributed by atoms with Gasteiger partial charge in [-0.25, -0.2) is 4.98 Å². The SMILES string of the molecule is C[C@H](Oc1cccc(Br)c1)C(=O)NNC(=O)CSCc1nc2ccccc2s1. The van der Waals surface area contributed by atoms with Gasteiger partial charge in [0.15, 0.2) is 6.10 Å². The fraction of sp³-hybridized carbons (Fsp3) is 0.211.